The van der Waals surface area contributed by atoms with Gasteiger partial charge in [0.05, 0.1) is 6.04 Å². The molecule has 21 heavy (non-hydrogen) atoms. The molecule has 0 fully saturated rings. The second-order valence-electron chi connectivity index (χ2n) is 4.84. The molecule has 110 valence electrons. The number of aryl methyl sites for hydroxylation is 1. The number of thiocarbonyl (C=S) groups is 1. The van der Waals surface area contributed by atoms with Crippen molar-refractivity contribution in [1.29, 1.82) is 0 Å². The third kappa shape index (κ3) is 4.41. The summed E-state index contributed by atoms with van der Waals surface area (Å²) >= 11 is 11.1. The van der Waals surface area contributed by atoms with Crippen LogP contribution >= 0.6 is 23.8 Å². The van der Waals surface area contributed by atoms with Gasteiger partial charge in [-0.05, 0) is 61.5 Å². The first-order valence-electron chi connectivity index (χ1n) is 6.55. The molecule has 5 heteroatoms. The summed E-state index contributed by atoms with van der Waals surface area (Å²) in [7, 11) is 0. The Morgan fingerprint density at radius 3 is 2.48 bits per heavy atom. The average molecular weight is 323 g/mol. The molecule has 1 atom stereocenters. The summed E-state index contributed by atoms with van der Waals surface area (Å²) in [5.74, 6) is -0.256. The second kappa shape index (κ2) is 6.87. The molecule has 0 heterocycles. The lowest BCUT2D eigenvalue weighted by atomic mass is 10.1. The second-order valence-corrected chi connectivity index (χ2v) is 5.68. The Morgan fingerprint density at radius 1 is 1.19 bits per heavy atom. The highest BCUT2D eigenvalue weighted by Gasteiger charge is 2.07. The molecule has 2 aromatic carbocycles. The minimum Gasteiger partial charge on any atom is -0.356 e. The Balaban J connectivity index is 1.97. The van der Waals surface area contributed by atoms with E-state index in [0.29, 0.717) is 21.4 Å². The number of hydrogen-bond acceptors (Lipinski definition) is 1. The van der Waals surface area contributed by atoms with E-state index in [1.165, 1.54) is 6.07 Å². The summed E-state index contributed by atoms with van der Waals surface area (Å²) in [5.41, 5.74) is 2.30. The largest absolute Gasteiger partial charge is 0.356 e. The van der Waals surface area contributed by atoms with Crippen LogP contribution in [0.3, 0.4) is 0 Å². The molecule has 0 unspecified atom stereocenters. The summed E-state index contributed by atoms with van der Waals surface area (Å²) < 4.78 is 13.5. The van der Waals surface area contributed by atoms with Crippen LogP contribution in [0.1, 0.15) is 24.1 Å². The predicted molar refractivity (Wildman–Crippen MR) is 90.4 cm³/mol. The van der Waals surface area contributed by atoms with Crippen molar-refractivity contribution in [2.24, 2.45) is 0 Å². The van der Waals surface area contributed by atoms with Crippen molar-refractivity contribution in [3.05, 3.63) is 64.4 Å². The molecular formula is C16H16ClFN2S. The molecular weight excluding hydrogens is 307 g/mol. The van der Waals surface area contributed by atoms with E-state index in [2.05, 4.69) is 10.6 Å². The van der Waals surface area contributed by atoms with E-state index in [9.17, 15) is 4.39 Å². The van der Waals surface area contributed by atoms with Crippen LogP contribution in [0.2, 0.25) is 5.02 Å². The van der Waals surface area contributed by atoms with Gasteiger partial charge in [0.1, 0.15) is 5.82 Å². The zero-order chi connectivity index (χ0) is 15.4. The number of halogens is 2. The number of rotatable bonds is 3. The lowest BCUT2D eigenvalue weighted by molar-refractivity contribution is 0.619. The molecule has 0 aliphatic rings. The van der Waals surface area contributed by atoms with Crippen LogP contribution < -0.4 is 10.6 Å². The van der Waals surface area contributed by atoms with Crippen molar-refractivity contribution in [3.8, 4) is 0 Å². The molecule has 0 aromatic heterocycles. The smallest absolute Gasteiger partial charge is 0.171 e. The molecule has 2 nitrogen and oxygen atoms in total. The number of hydrogen-bond donors (Lipinski definition) is 2. The summed E-state index contributed by atoms with van der Waals surface area (Å²) in [6, 6.07) is 12.5. The monoisotopic (exact) mass is 322 g/mol. The normalized spacial score (nSPS) is 11.8. The third-order valence-corrected chi connectivity index (χ3v) is 3.62. The minimum absolute atomic E-state index is 0.0255. The quantitative estimate of drug-likeness (QED) is 0.791. The molecule has 2 N–H and O–H groups in total. The van der Waals surface area contributed by atoms with Gasteiger partial charge in [-0.2, -0.15) is 0 Å². The maximum Gasteiger partial charge on any atom is 0.171 e. The number of anilines is 1. The summed E-state index contributed by atoms with van der Waals surface area (Å²) in [4.78, 5) is 0. The van der Waals surface area contributed by atoms with E-state index >= 15 is 0 Å². The van der Waals surface area contributed by atoms with E-state index in [-0.39, 0.29) is 11.9 Å². The van der Waals surface area contributed by atoms with Crippen LogP contribution in [0.5, 0.6) is 0 Å². The van der Waals surface area contributed by atoms with E-state index < -0.39 is 0 Å². The Morgan fingerprint density at radius 2 is 1.86 bits per heavy atom. The first-order valence-corrected chi connectivity index (χ1v) is 7.33. The fourth-order valence-electron chi connectivity index (χ4n) is 1.87. The van der Waals surface area contributed by atoms with Gasteiger partial charge in [0.15, 0.2) is 5.11 Å². The van der Waals surface area contributed by atoms with Gasteiger partial charge < -0.3 is 10.6 Å². The van der Waals surface area contributed by atoms with Crippen molar-refractivity contribution >= 4 is 34.6 Å². The number of benzene rings is 2. The Bertz CT molecular complexity index is 643. The van der Waals surface area contributed by atoms with Gasteiger partial charge >= 0.3 is 0 Å². The van der Waals surface area contributed by atoms with Gasteiger partial charge in [0.2, 0.25) is 0 Å². The van der Waals surface area contributed by atoms with Crippen LogP contribution in [0.4, 0.5) is 10.1 Å². The fourth-order valence-corrected chi connectivity index (χ4v) is 2.29. The van der Waals surface area contributed by atoms with E-state index in [1.54, 1.807) is 19.1 Å². The number of nitrogens with one attached hydrogen (secondary N) is 2. The first-order chi connectivity index (χ1) is 9.95. The fraction of sp³-hybridized carbons (Fsp3) is 0.188. The molecule has 0 radical (unpaired) electrons. The van der Waals surface area contributed by atoms with Crippen molar-refractivity contribution in [2.45, 2.75) is 19.9 Å². The van der Waals surface area contributed by atoms with E-state index in [1.807, 2.05) is 31.2 Å². The van der Waals surface area contributed by atoms with Gasteiger partial charge in [-0.25, -0.2) is 4.39 Å². The van der Waals surface area contributed by atoms with Crippen LogP contribution in [-0.2, 0) is 0 Å². The predicted octanol–water partition coefficient (Wildman–Crippen LogP) is 4.84. The highest BCUT2D eigenvalue weighted by Crippen LogP contribution is 2.17. The third-order valence-electron chi connectivity index (χ3n) is 3.15. The zero-order valence-electron chi connectivity index (χ0n) is 11.8. The van der Waals surface area contributed by atoms with Crippen molar-refractivity contribution in [1.82, 2.24) is 5.32 Å². The Hall–Kier alpha value is -1.65. The SMILES string of the molecule is Cc1ccc(NC(=S)N[C@@H](C)c2ccc(Cl)cc2)cc1F. The van der Waals surface area contributed by atoms with Gasteiger partial charge in [-0.1, -0.05) is 29.8 Å². The Kier molecular flexibility index (Phi) is 5.15. The van der Waals surface area contributed by atoms with Crippen molar-refractivity contribution in [3.63, 3.8) is 0 Å². The van der Waals surface area contributed by atoms with Crippen molar-refractivity contribution in [2.75, 3.05) is 5.32 Å². The van der Waals surface area contributed by atoms with E-state index in [4.69, 9.17) is 23.8 Å². The van der Waals surface area contributed by atoms with Crippen LogP contribution in [0.25, 0.3) is 0 Å². The lowest BCUT2D eigenvalue weighted by Gasteiger charge is -2.17. The van der Waals surface area contributed by atoms with Gasteiger partial charge in [-0.3, -0.25) is 0 Å². The summed E-state index contributed by atoms with van der Waals surface area (Å²) in [5, 5.41) is 7.27. The summed E-state index contributed by atoms with van der Waals surface area (Å²) in [6.07, 6.45) is 0. The molecule has 0 aliphatic carbocycles. The molecule has 0 aliphatic heterocycles. The minimum atomic E-state index is -0.256. The molecule has 0 bridgehead atoms. The van der Waals surface area contributed by atoms with Gasteiger partial charge in [0, 0.05) is 10.7 Å². The first kappa shape index (κ1) is 15.7. The summed E-state index contributed by atoms with van der Waals surface area (Å²) in [6.45, 7) is 3.71. The van der Waals surface area contributed by atoms with Gasteiger partial charge in [-0.15, -0.1) is 0 Å². The molecule has 2 rings (SSSR count). The van der Waals surface area contributed by atoms with Crippen LogP contribution in [0, 0.1) is 12.7 Å². The van der Waals surface area contributed by atoms with Gasteiger partial charge in [0.25, 0.3) is 0 Å². The lowest BCUT2D eigenvalue weighted by Crippen LogP contribution is -2.30. The highest BCUT2D eigenvalue weighted by molar-refractivity contribution is 7.80. The molecule has 0 saturated carbocycles. The highest BCUT2D eigenvalue weighted by atomic mass is 35.5. The maximum absolute atomic E-state index is 13.5. The average Bonchev–Trinajstić information content (AvgIpc) is 2.43. The van der Waals surface area contributed by atoms with E-state index in [0.717, 1.165) is 5.56 Å². The molecule has 0 saturated heterocycles. The topological polar surface area (TPSA) is 24.1 Å². The van der Waals surface area contributed by atoms with Crippen LogP contribution in [-0.4, -0.2) is 5.11 Å². The Labute approximate surface area is 134 Å². The standard InChI is InChI=1S/C16H16ClFN2S/c1-10-3-8-14(9-15(10)18)20-16(21)19-11(2)12-4-6-13(17)7-5-12/h3-9,11H,1-2H3,(H2,19,20,21)/t11-/m0/s1. The molecule has 2 aromatic rings. The zero-order valence-corrected chi connectivity index (χ0v) is 13.4. The molecule has 0 amide bonds. The van der Waals surface area contributed by atoms with Crippen molar-refractivity contribution < 1.29 is 4.39 Å². The maximum atomic E-state index is 13.5. The van der Waals surface area contributed by atoms with Crippen LogP contribution in [0.15, 0.2) is 42.5 Å². The molecule has 0 spiro atoms.